The van der Waals surface area contributed by atoms with Gasteiger partial charge in [0.15, 0.2) is 5.78 Å². The molecule has 3 nitrogen and oxygen atoms in total. The van der Waals surface area contributed by atoms with E-state index in [4.69, 9.17) is 0 Å². The summed E-state index contributed by atoms with van der Waals surface area (Å²) in [7, 11) is 0. The van der Waals surface area contributed by atoms with Gasteiger partial charge in [0.05, 0.1) is 0 Å². The van der Waals surface area contributed by atoms with Crippen LogP contribution in [-0.2, 0) is 4.79 Å². The van der Waals surface area contributed by atoms with Gasteiger partial charge in [-0.05, 0) is 35.4 Å². The van der Waals surface area contributed by atoms with Gasteiger partial charge in [0, 0.05) is 28.6 Å². The first-order valence-corrected chi connectivity index (χ1v) is 9.15. The molecule has 0 aliphatic heterocycles. The molecule has 0 atom stereocenters. The van der Waals surface area contributed by atoms with Crippen LogP contribution in [0.2, 0.25) is 0 Å². The van der Waals surface area contributed by atoms with Gasteiger partial charge in [-0.1, -0.05) is 70.5 Å². The van der Waals surface area contributed by atoms with E-state index in [1.807, 2.05) is 78.9 Å². The van der Waals surface area contributed by atoms with Crippen LogP contribution in [-0.4, -0.2) is 11.7 Å². The lowest BCUT2D eigenvalue weighted by Gasteiger charge is -2.06. The quantitative estimate of drug-likeness (QED) is 0.531. The number of benzene rings is 3. The first-order valence-electron chi connectivity index (χ1n) is 8.36. The number of anilines is 1. The second-order valence-corrected chi connectivity index (χ2v) is 6.84. The minimum atomic E-state index is -0.165. The van der Waals surface area contributed by atoms with Crippen molar-refractivity contribution in [2.75, 3.05) is 5.32 Å². The van der Waals surface area contributed by atoms with Crippen LogP contribution in [0.5, 0.6) is 0 Å². The van der Waals surface area contributed by atoms with Crippen molar-refractivity contribution in [2.45, 2.75) is 12.8 Å². The first-order chi connectivity index (χ1) is 12.6. The normalized spacial score (nSPS) is 10.3. The number of hydrogen-bond donors (Lipinski definition) is 1. The number of carbonyl (C=O) groups is 2. The fourth-order valence-corrected chi connectivity index (χ4v) is 2.87. The van der Waals surface area contributed by atoms with Crippen molar-refractivity contribution >= 4 is 33.3 Å². The Morgan fingerprint density at radius 1 is 0.731 bits per heavy atom. The van der Waals surface area contributed by atoms with E-state index in [1.54, 1.807) is 0 Å². The summed E-state index contributed by atoms with van der Waals surface area (Å²) in [4.78, 5) is 24.3. The van der Waals surface area contributed by atoms with Crippen LogP contribution >= 0.6 is 15.9 Å². The molecule has 0 radical (unpaired) electrons. The number of rotatable bonds is 6. The lowest BCUT2D eigenvalue weighted by Crippen LogP contribution is -2.13. The number of hydrogen-bond acceptors (Lipinski definition) is 2. The summed E-state index contributed by atoms with van der Waals surface area (Å²) in [6.45, 7) is 0. The second-order valence-electron chi connectivity index (χ2n) is 5.92. The van der Waals surface area contributed by atoms with Crippen LogP contribution in [0.25, 0.3) is 11.1 Å². The van der Waals surface area contributed by atoms with Gasteiger partial charge < -0.3 is 5.32 Å². The highest BCUT2D eigenvalue weighted by atomic mass is 79.9. The third kappa shape index (κ3) is 4.90. The Balaban J connectivity index is 1.54. The molecular weight excluding hydrogens is 390 g/mol. The molecule has 0 saturated carbocycles. The molecule has 3 rings (SSSR count). The number of nitrogens with one attached hydrogen (secondary N) is 1. The van der Waals surface area contributed by atoms with Crippen LogP contribution in [0.1, 0.15) is 23.2 Å². The van der Waals surface area contributed by atoms with Gasteiger partial charge in [0.2, 0.25) is 5.91 Å². The Morgan fingerprint density at radius 2 is 1.35 bits per heavy atom. The molecule has 0 saturated heterocycles. The predicted molar refractivity (Wildman–Crippen MR) is 108 cm³/mol. The van der Waals surface area contributed by atoms with Crippen molar-refractivity contribution in [3.05, 3.63) is 88.9 Å². The average Bonchev–Trinajstić information content (AvgIpc) is 2.69. The third-order valence-electron chi connectivity index (χ3n) is 4.02. The van der Waals surface area contributed by atoms with Crippen LogP contribution in [0.4, 0.5) is 5.69 Å². The zero-order valence-electron chi connectivity index (χ0n) is 14.1. The summed E-state index contributed by atoms with van der Waals surface area (Å²) in [5.41, 5.74) is 3.52. The molecule has 1 amide bonds. The highest BCUT2D eigenvalue weighted by molar-refractivity contribution is 9.10. The van der Waals surface area contributed by atoms with Crippen molar-refractivity contribution in [1.29, 1.82) is 0 Å². The van der Waals surface area contributed by atoms with Crippen molar-refractivity contribution < 1.29 is 9.59 Å². The topological polar surface area (TPSA) is 46.2 Å². The lowest BCUT2D eigenvalue weighted by molar-refractivity contribution is -0.116. The number of amides is 1. The molecule has 0 bridgehead atoms. The highest BCUT2D eigenvalue weighted by Crippen LogP contribution is 2.20. The van der Waals surface area contributed by atoms with E-state index in [-0.39, 0.29) is 24.5 Å². The summed E-state index contributed by atoms with van der Waals surface area (Å²) >= 11 is 3.35. The zero-order valence-corrected chi connectivity index (χ0v) is 15.7. The largest absolute Gasteiger partial charge is 0.326 e. The number of carbonyl (C=O) groups excluding carboxylic acids is 2. The summed E-state index contributed by atoms with van der Waals surface area (Å²) in [6.07, 6.45) is 0.350. The molecule has 0 aliphatic rings. The van der Waals surface area contributed by atoms with Crippen molar-refractivity contribution in [1.82, 2.24) is 0 Å². The minimum Gasteiger partial charge on any atom is -0.326 e. The van der Waals surface area contributed by atoms with Crippen LogP contribution in [0, 0.1) is 0 Å². The first kappa shape index (κ1) is 18.1. The van der Waals surface area contributed by atoms with Crippen LogP contribution < -0.4 is 5.32 Å². The molecule has 3 aromatic carbocycles. The summed E-state index contributed by atoms with van der Waals surface area (Å²) < 4.78 is 0.949. The maximum atomic E-state index is 12.3. The third-order valence-corrected chi connectivity index (χ3v) is 4.55. The summed E-state index contributed by atoms with van der Waals surface area (Å²) in [5.74, 6) is -0.197. The van der Waals surface area contributed by atoms with E-state index in [0.29, 0.717) is 5.56 Å². The van der Waals surface area contributed by atoms with Crippen molar-refractivity contribution in [3.63, 3.8) is 0 Å². The molecule has 26 heavy (non-hydrogen) atoms. The summed E-state index contributed by atoms with van der Waals surface area (Å²) in [6, 6.07) is 24.8. The molecule has 0 unspecified atom stereocenters. The van der Waals surface area contributed by atoms with Crippen molar-refractivity contribution in [2.24, 2.45) is 0 Å². The minimum absolute atomic E-state index is 0.0319. The average molecular weight is 408 g/mol. The number of Topliss-reactive ketones (excluding diaryl/α,β-unsaturated/α-hetero) is 1. The van der Waals surface area contributed by atoms with Crippen molar-refractivity contribution in [3.8, 4) is 11.1 Å². The fraction of sp³-hybridized carbons (Fsp3) is 0.0909. The standard InChI is InChI=1S/C22H18BrNO2/c23-19-10-12-20(13-11-19)24-22(26)15-14-21(25)18-8-6-17(7-9-18)16-4-2-1-3-5-16/h1-13H,14-15H2,(H,24,26). The number of halogens is 1. The van der Waals surface area contributed by atoms with Gasteiger partial charge in [-0.15, -0.1) is 0 Å². The Hall–Kier alpha value is -2.72. The second kappa shape index (κ2) is 8.59. The molecule has 4 heteroatoms. The molecule has 0 fully saturated rings. The molecule has 1 N–H and O–H groups in total. The van der Waals surface area contributed by atoms with E-state index >= 15 is 0 Å². The maximum absolute atomic E-state index is 12.3. The van der Waals surface area contributed by atoms with Crippen LogP contribution in [0.15, 0.2) is 83.3 Å². The van der Waals surface area contributed by atoms with Gasteiger partial charge in [-0.25, -0.2) is 0 Å². The Kier molecular flexibility index (Phi) is 5.97. The molecule has 0 aromatic heterocycles. The lowest BCUT2D eigenvalue weighted by atomic mass is 10.0. The monoisotopic (exact) mass is 407 g/mol. The molecule has 3 aromatic rings. The molecule has 0 aliphatic carbocycles. The zero-order chi connectivity index (χ0) is 18.4. The molecular formula is C22H18BrNO2. The highest BCUT2D eigenvalue weighted by Gasteiger charge is 2.10. The number of ketones is 1. The molecule has 130 valence electrons. The molecule has 0 heterocycles. The van der Waals surface area contributed by atoms with Gasteiger partial charge in [0.1, 0.15) is 0 Å². The van der Waals surface area contributed by atoms with Gasteiger partial charge in [0.25, 0.3) is 0 Å². The Labute approximate surface area is 161 Å². The van der Waals surface area contributed by atoms with Gasteiger partial charge >= 0.3 is 0 Å². The van der Waals surface area contributed by atoms with E-state index in [1.165, 1.54) is 0 Å². The molecule has 0 spiro atoms. The maximum Gasteiger partial charge on any atom is 0.224 e. The summed E-state index contributed by atoms with van der Waals surface area (Å²) in [5, 5.41) is 2.79. The Bertz CT molecular complexity index is 888. The van der Waals surface area contributed by atoms with E-state index in [2.05, 4.69) is 21.2 Å². The Morgan fingerprint density at radius 3 is 2.00 bits per heavy atom. The van der Waals surface area contributed by atoms with Crippen LogP contribution in [0.3, 0.4) is 0 Å². The fourth-order valence-electron chi connectivity index (χ4n) is 2.61. The van der Waals surface area contributed by atoms with E-state index in [0.717, 1.165) is 21.3 Å². The van der Waals surface area contributed by atoms with E-state index < -0.39 is 0 Å². The smallest absolute Gasteiger partial charge is 0.224 e. The predicted octanol–water partition coefficient (Wildman–Crippen LogP) is 5.72. The SMILES string of the molecule is O=C(CCC(=O)c1ccc(-c2ccccc2)cc1)Nc1ccc(Br)cc1. The van der Waals surface area contributed by atoms with E-state index in [9.17, 15) is 9.59 Å². The van der Waals surface area contributed by atoms with Gasteiger partial charge in [-0.3, -0.25) is 9.59 Å². The van der Waals surface area contributed by atoms with Gasteiger partial charge in [-0.2, -0.15) is 0 Å².